The van der Waals surface area contributed by atoms with E-state index in [2.05, 4.69) is 52.8 Å². The van der Waals surface area contributed by atoms with Crippen molar-refractivity contribution in [2.24, 2.45) is 17.3 Å². The molecule has 3 heterocycles. The minimum Gasteiger partial charge on any atom is -0.496 e. The Bertz CT molecular complexity index is 1690. The molecule has 4 aliphatic carbocycles. The summed E-state index contributed by atoms with van der Waals surface area (Å²) in [5.74, 6) is 2.83. The van der Waals surface area contributed by atoms with Crippen molar-refractivity contribution in [2.75, 3.05) is 31.6 Å². The number of carbonyl (C=O) groups excluding carboxylic acids is 2. The van der Waals surface area contributed by atoms with Crippen molar-refractivity contribution >= 4 is 17.8 Å². The number of nitrogens with zero attached hydrogens (tertiary/aromatic N) is 4. The summed E-state index contributed by atoms with van der Waals surface area (Å²) in [6.45, 7) is 12.7. The van der Waals surface area contributed by atoms with Crippen LogP contribution >= 0.6 is 0 Å². The molecule has 5 aliphatic rings. The van der Waals surface area contributed by atoms with Crippen LogP contribution < -0.4 is 9.64 Å². The van der Waals surface area contributed by atoms with Crippen LogP contribution in [0.15, 0.2) is 47.2 Å². The van der Waals surface area contributed by atoms with Gasteiger partial charge in [0.1, 0.15) is 29.6 Å². The standard InChI is InChI=1S/C41H54N4O5/c1-27-23-44(24-27)38(47)50-32-10-7-29(8-11-32)36(46)45(35-22-30(13-20-42-35)33-25-49-37(43-33)39(3,4)5)26-40-14-17-41(18-15-40,19-16-40)31-9-12-34(48-6)28(2)21-31/h9,12-13,20-22,25,27,29,32H,7-8,10-11,14-19,23-24,26H2,1-6H3. The number of aryl methyl sites for hydroxylation is 1. The molecule has 0 atom stereocenters. The van der Waals surface area contributed by atoms with Crippen LogP contribution in [0.4, 0.5) is 10.6 Å². The molecular weight excluding hydrogens is 628 g/mol. The highest BCUT2D eigenvalue weighted by Gasteiger charge is 2.51. The quantitative estimate of drug-likeness (QED) is 0.235. The van der Waals surface area contributed by atoms with Crippen LogP contribution in [0.5, 0.6) is 5.75 Å². The van der Waals surface area contributed by atoms with Crippen LogP contribution in [0.1, 0.15) is 109 Å². The minimum absolute atomic E-state index is 0.0466. The number of fused-ring (bicyclic) bond motifs is 3. The number of oxazole rings is 1. The van der Waals surface area contributed by atoms with E-state index in [1.807, 2.05) is 17.0 Å². The Morgan fingerprint density at radius 1 is 1.00 bits per heavy atom. The molecule has 9 nitrogen and oxygen atoms in total. The molecule has 0 unspecified atom stereocenters. The van der Waals surface area contributed by atoms with Crippen molar-refractivity contribution in [3.05, 3.63) is 59.8 Å². The molecule has 3 aromatic rings. The highest BCUT2D eigenvalue weighted by molar-refractivity contribution is 5.95. The van der Waals surface area contributed by atoms with Crippen LogP contribution in [0.2, 0.25) is 0 Å². The third kappa shape index (κ3) is 6.76. The van der Waals surface area contributed by atoms with Gasteiger partial charge in [-0.2, -0.15) is 0 Å². The number of carbonyl (C=O) groups is 2. The second kappa shape index (κ2) is 13.3. The molecule has 9 heteroatoms. The number of aromatic nitrogens is 2. The lowest BCUT2D eigenvalue weighted by Gasteiger charge is -2.55. The number of anilines is 1. The molecule has 50 heavy (non-hydrogen) atoms. The summed E-state index contributed by atoms with van der Waals surface area (Å²) in [6.07, 6.45) is 12.6. The van der Waals surface area contributed by atoms with Crippen LogP contribution in [-0.4, -0.2) is 59.7 Å². The van der Waals surface area contributed by atoms with E-state index in [0.29, 0.717) is 49.9 Å². The third-order valence-electron chi connectivity index (χ3n) is 12.2. The number of hydrogen-bond acceptors (Lipinski definition) is 7. The van der Waals surface area contributed by atoms with Gasteiger partial charge in [0.05, 0.1) is 7.11 Å². The topological polar surface area (TPSA) is 98.0 Å². The Morgan fingerprint density at radius 2 is 1.70 bits per heavy atom. The molecule has 1 aromatic carbocycles. The number of pyridine rings is 1. The molecule has 8 rings (SSSR count). The zero-order valence-corrected chi connectivity index (χ0v) is 30.8. The molecule has 0 N–H and O–H groups in total. The third-order valence-corrected chi connectivity index (χ3v) is 12.2. The summed E-state index contributed by atoms with van der Waals surface area (Å²) < 4.78 is 17.3. The first-order valence-corrected chi connectivity index (χ1v) is 18.7. The van der Waals surface area contributed by atoms with E-state index < -0.39 is 0 Å². The van der Waals surface area contributed by atoms with Crippen LogP contribution in [0.25, 0.3) is 11.3 Å². The smallest absolute Gasteiger partial charge is 0.410 e. The maximum absolute atomic E-state index is 14.7. The van der Waals surface area contributed by atoms with Gasteiger partial charge in [0.2, 0.25) is 5.91 Å². The predicted molar refractivity (Wildman–Crippen MR) is 193 cm³/mol. The number of methoxy groups -OCH3 is 1. The average molecular weight is 683 g/mol. The van der Waals surface area contributed by atoms with Gasteiger partial charge >= 0.3 is 6.09 Å². The molecule has 0 radical (unpaired) electrons. The second-order valence-corrected chi connectivity index (χ2v) is 16.9. The Balaban J connectivity index is 1.10. The first kappa shape index (κ1) is 34.6. The number of rotatable bonds is 8. The highest BCUT2D eigenvalue weighted by Crippen LogP contribution is 2.58. The van der Waals surface area contributed by atoms with Gasteiger partial charge in [-0.3, -0.25) is 9.69 Å². The van der Waals surface area contributed by atoms with Gasteiger partial charge in [-0.25, -0.2) is 14.8 Å². The number of hydrogen-bond donors (Lipinski definition) is 0. The van der Waals surface area contributed by atoms with E-state index in [-0.39, 0.29) is 40.3 Å². The van der Waals surface area contributed by atoms with Gasteiger partial charge in [0.15, 0.2) is 5.89 Å². The van der Waals surface area contributed by atoms with Gasteiger partial charge in [-0.15, -0.1) is 0 Å². The lowest BCUT2D eigenvalue weighted by molar-refractivity contribution is -0.124. The maximum atomic E-state index is 14.7. The largest absolute Gasteiger partial charge is 0.496 e. The average Bonchev–Trinajstić information content (AvgIpc) is 3.62. The second-order valence-electron chi connectivity index (χ2n) is 16.9. The summed E-state index contributed by atoms with van der Waals surface area (Å²) in [4.78, 5) is 40.7. The molecule has 268 valence electrons. The lowest BCUT2D eigenvalue weighted by Crippen LogP contribution is -2.52. The van der Waals surface area contributed by atoms with E-state index in [4.69, 9.17) is 23.9 Å². The fraction of sp³-hybridized carbons (Fsp3) is 0.610. The Hall–Kier alpha value is -3.88. The number of benzene rings is 1. The first-order valence-electron chi connectivity index (χ1n) is 18.7. The Labute approximate surface area is 297 Å². The Morgan fingerprint density at radius 3 is 2.30 bits per heavy atom. The van der Waals surface area contributed by atoms with Crippen LogP contribution in [0, 0.1) is 24.2 Å². The van der Waals surface area contributed by atoms with Gasteiger partial charge in [-0.05, 0) is 117 Å². The highest BCUT2D eigenvalue weighted by atomic mass is 16.6. The maximum Gasteiger partial charge on any atom is 0.410 e. The summed E-state index contributed by atoms with van der Waals surface area (Å²) in [7, 11) is 1.73. The predicted octanol–water partition coefficient (Wildman–Crippen LogP) is 8.62. The fourth-order valence-electron chi connectivity index (χ4n) is 8.94. The zero-order chi connectivity index (χ0) is 35.3. The summed E-state index contributed by atoms with van der Waals surface area (Å²) in [5, 5.41) is 0. The van der Waals surface area contributed by atoms with Gasteiger partial charge < -0.3 is 18.8 Å². The van der Waals surface area contributed by atoms with Gasteiger partial charge in [0.25, 0.3) is 0 Å². The fourth-order valence-corrected chi connectivity index (χ4v) is 8.94. The summed E-state index contributed by atoms with van der Waals surface area (Å²) in [5.41, 5.74) is 4.27. The van der Waals surface area contributed by atoms with Crippen molar-refractivity contribution in [1.29, 1.82) is 0 Å². The van der Waals surface area contributed by atoms with Gasteiger partial charge in [0, 0.05) is 42.7 Å². The van der Waals surface area contributed by atoms with E-state index in [1.165, 1.54) is 11.1 Å². The van der Waals surface area contributed by atoms with Crippen LogP contribution in [-0.2, 0) is 20.4 Å². The summed E-state index contributed by atoms with van der Waals surface area (Å²) in [6, 6.07) is 10.7. The monoisotopic (exact) mass is 682 g/mol. The molecule has 1 saturated heterocycles. The van der Waals surface area contributed by atoms with E-state index in [1.54, 1.807) is 24.5 Å². The molecule has 2 aromatic heterocycles. The SMILES string of the molecule is COc1ccc(C23CCC(CN(C(=O)C4CCC(OC(=O)N5CC(C)C5)CC4)c4cc(-c5coc(C(C)(C)C)n5)ccn4)(CC2)CC3)cc1C. The molecule has 1 aliphatic heterocycles. The number of likely N-dealkylation sites (tertiary alicyclic amines) is 1. The van der Waals surface area contributed by atoms with E-state index in [0.717, 1.165) is 68.6 Å². The molecule has 2 amide bonds. The summed E-state index contributed by atoms with van der Waals surface area (Å²) >= 11 is 0. The van der Waals surface area contributed by atoms with Crippen molar-refractivity contribution < 1.29 is 23.5 Å². The minimum atomic E-state index is -0.211. The van der Waals surface area contributed by atoms with E-state index >= 15 is 0 Å². The van der Waals surface area contributed by atoms with E-state index in [9.17, 15) is 9.59 Å². The van der Waals surface area contributed by atoms with Gasteiger partial charge in [-0.1, -0.05) is 39.8 Å². The van der Waals surface area contributed by atoms with Crippen molar-refractivity contribution in [3.8, 4) is 17.0 Å². The number of ether oxygens (including phenoxy) is 2. The van der Waals surface area contributed by atoms with Crippen LogP contribution in [0.3, 0.4) is 0 Å². The normalized spacial score (nSPS) is 26.7. The molecule has 5 fully saturated rings. The lowest BCUT2D eigenvalue weighted by atomic mass is 9.51. The molecular formula is C41H54N4O5. The first-order chi connectivity index (χ1) is 23.9. The van der Waals surface area contributed by atoms with Crippen molar-refractivity contribution in [2.45, 2.75) is 116 Å². The molecule has 4 saturated carbocycles. The Kier molecular flexibility index (Phi) is 9.23. The molecule has 0 spiro atoms. The molecule has 2 bridgehead atoms. The van der Waals surface area contributed by atoms with Crippen molar-refractivity contribution in [3.63, 3.8) is 0 Å². The van der Waals surface area contributed by atoms with Crippen molar-refractivity contribution in [1.82, 2.24) is 14.9 Å². The number of amides is 2. The zero-order valence-electron chi connectivity index (χ0n) is 30.8.